The molecule has 18 heavy (non-hydrogen) atoms. The Hall–Kier alpha value is -0.770. The van der Waals surface area contributed by atoms with E-state index in [9.17, 15) is 4.39 Å². The van der Waals surface area contributed by atoms with Crippen LogP contribution >= 0.6 is 39.1 Å². The van der Waals surface area contributed by atoms with Gasteiger partial charge in [-0.05, 0) is 51.8 Å². The van der Waals surface area contributed by atoms with Crippen LogP contribution < -0.4 is 4.74 Å². The van der Waals surface area contributed by atoms with Gasteiger partial charge in [0.1, 0.15) is 17.3 Å². The number of rotatable bonds is 3. The molecular formula is C13H8BrCl2FO. The maximum Gasteiger partial charge on any atom is 0.137 e. The molecule has 0 amide bonds. The Morgan fingerprint density at radius 1 is 1.11 bits per heavy atom. The molecule has 0 radical (unpaired) electrons. The van der Waals surface area contributed by atoms with E-state index in [-0.39, 0.29) is 5.82 Å². The van der Waals surface area contributed by atoms with Gasteiger partial charge in [-0.25, -0.2) is 4.39 Å². The van der Waals surface area contributed by atoms with Gasteiger partial charge in [-0.3, -0.25) is 0 Å². The highest BCUT2D eigenvalue weighted by atomic mass is 79.9. The molecule has 0 fully saturated rings. The predicted octanol–water partition coefficient (Wildman–Crippen LogP) is 5.77. The summed E-state index contributed by atoms with van der Waals surface area (Å²) in [5.41, 5.74) is 0.839. The number of hydrogen-bond donors (Lipinski definition) is 0. The van der Waals surface area contributed by atoms with E-state index < -0.39 is 0 Å². The SMILES string of the molecule is Fc1ccc(Oc2ccc(CCl)c(Cl)c2)cc1Br. The van der Waals surface area contributed by atoms with E-state index in [1.807, 2.05) is 0 Å². The van der Waals surface area contributed by atoms with Gasteiger partial charge in [0.15, 0.2) is 0 Å². The van der Waals surface area contributed by atoms with E-state index in [0.717, 1.165) is 5.56 Å². The fraction of sp³-hybridized carbons (Fsp3) is 0.0769. The van der Waals surface area contributed by atoms with Gasteiger partial charge in [0.25, 0.3) is 0 Å². The third-order valence-electron chi connectivity index (χ3n) is 2.30. The Morgan fingerprint density at radius 3 is 2.39 bits per heavy atom. The summed E-state index contributed by atoms with van der Waals surface area (Å²) in [4.78, 5) is 0. The topological polar surface area (TPSA) is 9.23 Å². The quantitative estimate of drug-likeness (QED) is 0.639. The van der Waals surface area contributed by atoms with Gasteiger partial charge in [0, 0.05) is 10.9 Å². The van der Waals surface area contributed by atoms with Crippen LogP contribution in [0.2, 0.25) is 5.02 Å². The fourth-order valence-corrected chi connectivity index (χ4v) is 2.27. The van der Waals surface area contributed by atoms with E-state index in [0.29, 0.717) is 26.9 Å². The van der Waals surface area contributed by atoms with Crippen LogP contribution in [0.25, 0.3) is 0 Å². The first kappa shape index (κ1) is 13.7. The molecule has 0 aromatic heterocycles. The molecular weight excluding hydrogens is 342 g/mol. The zero-order valence-electron chi connectivity index (χ0n) is 9.09. The van der Waals surface area contributed by atoms with Crippen molar-refractivity contribution < 1.29 is 9.13 Å². The first-order valence-corrected chi connectivity index (χ1v) is 6.78. The summed E-state index contributed by atoms with van der Waals surface area (Å²) in [6.07, 6.45) is 0. The highest BCUT2D eigenvalue weighted by Crippen LogP contribution is 2.29. The molecule has 0 spiro atoms. The van der Waals surface area contributed by atoms with Gasteiger partial charge < -0.3 is 4.74 Å². The molecule has 0 saturated heterocycles. The van der Waals surface area contributed by atoms with Gasteiger partial charge in [0.2, 0.25) is 0 Å². The summed E-state index contributed by atoms with van der Waals surface area (Å²) in [6, 6.07) is 9.66. The van der Waals surface area contributed by atoms with Crippen LogP contribution in [0.15, 0.2) is 40.9 Å². The molecule has 2 aromatic carbocycles. The third kappa shape index (κ3) is 3.16. The largest absolute Gasteiger partial charge is 0.457 e. The van der Waals surface area contributed by atoms with Crippen LogP contribution in [0.4, 0.5) is 4.39 Å². The van der Waals surface area contributed by atoms with Crippen LogP contribution in [0, 0.1) is 5.82 Å². The second kappa shape index (κ2) is 5.91. The fourth-order valence-electron chi connectivity index (χ4n) is 1.38. The Labute approximate surface area is 123 Å². The van der Waals surface area contributed by atoms with Gasteiger partial charge in [-0.15, -0.1) is 11.6 Å². The molecule has 0 atom stereocenters. The van der Waals surface area contributed by atoms with E-state index in [4.69, 9.17) is 27.9 Å². The summed E-state index contributed by atoms with van der Waals surface area (Å²) >= 11 is 14.8. The minimum atomic E-state index is -0.335. The number of alkyl halides is 1. The minimum absolute atomic E-state index is 0.335. The molecule has 0 heterocycles. The van der Waals surface area contributed by atoms with Crippen molar-refractivity contribution in [2.45, 2.75) is 5.88 Å². The first-order valence-electron chi connectivity index (χ1n) is 5.07. The van der Waals surface area contributed by atoms with Gasteiger partial charge in [0.05, 0.1) is 4.47 Å². The van der Waals surface area contributed by atoms with Crippen molar-refractivity contribution in [1.82, 2.24) is 0 Å². The normalized spacial score (nSPS) is 10.4. The smallest absolute Gasteiger partial charge is 0.137 e. The molecule has 5 heteroatoms. The molecule has 0 saturated carbocycles. The molecule has 0 bridgehead atoms. The van der Waals surface area contributed by atoms with E-state index >= 15 is 0 Å². The minimum Gasteiger partial charge on any atom is -0.457 e. The van der Waals surface area contributed by atoms with Crippen molar-refractivity contribution in [2.24, 2.45) is 0 Å². The predicted molar refractivity (Wildman–Crippen MR) is 75.2 cm³/mol. The molecule has 1 nitrogen and oxygen atoms in total. The molecule has 0 N–H and O–H groups in total. The lowest BCUT2D eigenvalue weighted by atomic mass is 10.2. The standard InChI is InChI=1S/C13H8BrCl2FO/c14-11-5-9(3-4-13(11)17)18-10-2-1-8(7-15)12(16)6-10/h1-6H,7H2. The van der Waals surface area contributed by atoms with Crippen molar-refractivity contribution in [2.75, 3.05) is 0 Å². The molecule has 0 unspecified atom stereocenters. The van der Waals surface area contributed by atoms with E-state index in [1.165, 1.54) is 6.07 Å². The van der Waals surface area contributed by atoms with Gasteiger partial charge >= 0.3 is 0 Å². The summed E-state index contributed by atoms with van der Waals surface area (Å²) in [6.45, 7) is 0. The molecule has 0 aliphatic heterocycles. The number of halogens is 4. The Morgan fingerprint density at radius 2 is 1.78 bits per heavy atom. The molecule has 94 valence electrons. The Bertz CT molecular complexity index is 575. The van der Waals surface area contributed by atoms with Crippen molar-refractivity contribution in [3.63, 3.8) is 0 Å². The number of benzene rings is 2. The average molecular weight is 350 g/mol. The highest BCUT2D eigenvalue weighted by molar-refractivity contribution is 9.10. The zero-order chi connectivity index (χ0) is 13.1. The van der Waals surface area contributed by atoms with E-state index in [2.05, 4.69) is 15.9 Å². The summed E-state index contributed by atoms with van der Waals surface area (Å²) in [7, 11) is 0. The molecule has 0 aliphatic rings. The third-order valence-corrected chi connectivity index (χ3v) is 3.54. The Kier molecular flexibility index (Phi) is 4.49. The van der Waals surface area contributed by atoms with E-state index in [1.54, 1.807) is 30.3 Å². The van der Waals surface area contributed by atoms with Crippen LogP contribution in [0.5, 0.6) is 11.5 Å². The molecule has 2 aromatic rings. The van der Waals surface area contributed by atoms with Crippen molar-refractivity contribution >= 4 is 39.1 Å². The van der Waals surface area contributed by atoms with Crippen LogP contribution in [0.1, 0.15) is 5.56 Å². The van der Waals surface area contributed by atoms with Gasteiger partial charge in [-0.2, -0.15) is 0 Å². The molecule has 0 aliphatic carbocycles. The zero-order valence-corrected chi connectivity index (χ0v) is 12.2. The molecule has 2 rings (SSSR count). The summed E-state index contributed by atoms with van der Waals surface area (Å²) in [5, 5.41) is 0.545. The monoisotopic (exact) mass is 348 g/mol. The lowest BCUT2D eigenvalue weighted by Gasteiger charge is -2.08. The van der Waals surface area contributed by atoms with Crippen molar-refractivity contribution in [1.29, 1.82) is 0 Å². The van der Waals surface area contributed by atoms with Crippen LogP contribution in [-0.4, -0.2) is 0 Å². The van der Waals surface area contributed by atoms with Crippen molar-refractivity contribution in [3.05, 3.63) is 57.3 Å². The number of hydrogen-bond acceptors (Lipinski definition) is 1. The average Bonchev–Trinajstić information content (AvgIpc) is 2.34. The second-order valence-electron chi connectivity index (χ2n) is 3.56. The van der Waals surface area contributed by atoms with Crippen molar-refractivity contribution in [3.8, 4) is 11.5 Å². The summed E-state index contributed by atoms with van der Waals surface area (Å²) in [5.74, 6) is 1.12. The van der Waals surface area contributed by atoms with Crippen LogP contribution in [-0.2, 0) is 5.88 Å². The lowest BCUT2D eigenvalue weighted by Crippen LogP contribution is -1.87. The van der Waals surface area contributed by atoms with Gasteiger partial charge in [-0.1, -0.05) is 17.7 Å². The first-order chi connectivity index (χ1) is 8.60. The number of ether oxygens (including phenoxy) is 1. The maximum absolute atomic E-state index is 13.1. The summed E-state index contributed by atoms with van der Waals surface area (Å²) < 4.78 is 19.0. The lowest BCUT2D eigenvalue weighted by molar-refractivity contribution is 0.479. The maximum atomic E-state index is 13.1. The Balaban J connectivity index is 2.23. The highest BCUT2D eigenvalue weighted by Gasteiger charge is 2.05. The van der Waals surface area contributed by atoms with Crippen LogP contribution in [0.3, 0.4) is 0 Å². The second-order valence-corrected chi connectivity index (χ2v) is 5.09.